The molecule has 2 heterocycles. The van der Waals surface area contributed by atoms with Gasteiger partial charge in [0, 0.05) is 12.1 Å². The van der Waals surface area contributed by atoms with Gasteiger partial charge in [0.2, 0.25) is 5.56 Å². The van der Waals surface area contributed by atoms with Gasteiger partial charge in [-0.1, -0.05) is 6.07 Å². The molecule has 1 fully saturated rings. The standard InChI is InChI=1S/C12H17N3O2/c1-15-7-5-9(6-8-15)13-12(17)10-3-2-4-11(16)14-10/h2-4,9H,5-8H2,1H3,(H,13,17)(H,14,16). The van der Waals surface area contributed by atoms with E-state index in [1.165, 1.54) is 6.07 Å². The zero-order chi connectivity index (χ0) is 12.3. The summed E-state index contributed by atoms with van der Waals surface area (Å²) in [6.45, 7) is 1.99. The van der Waals surface area contributed by atoms with Gasteiger partial charge < -0.3 is 15.2 Å². The number of nitrogens with zero attached hydrogens (tertiary/aromatic N) is 1. The van der Waals surface area contributed by atoms with Crippen LogP contribution in [0.5, 0.6) is 0 Å². The van der Waals surface area contributed by atoms with Crippen molar-refractivity contribution in [2.45, 2.75) is 18.9 Å². The van der Waals surface area contributed by atoms with Gasteiger partial charge in [-0.3, -0.25) is 9.59 Å². The maximum Gasteiger partial charge on any atom is 0.268 e. The lowest BCUT2D eigenvalue weighted by molar-refractivity contribution is 0.0911. The Morgan fingerprint density at radius 1 is 1.41 bits per heavy atom. The van der Waals surface area contributed by atoms with Gasteiger partial charge in [0.15, 0.2) is 0 Å². The number of carbonyl (C=O) groups excluding carboxylic acids is 1. The van der Waals surface area contributed by atoms with Crippen LogP contribution in [-0.4, -0.2) is 42.0 Å². The van der Waals surface area contributed by atoms with Crippen molar-refractivity contribution in [3.05, 3.63) is 34.2 Å². The third-order valence-corrected chi connectivity index (χ3v) is 3.07. The summed E-state index contributed by atoms with van der Waals surface area (Å²) < 4.78 is 0. The molecule has 5 heteroatoms. The fraction of sp³-hybridized carbons (Fsp3) is 0.500. The number of hydrogen-bond donors (Lipinski definition) is 2. The summed E-state index contributed by atoms with van der Waals surface area (Å²) in [5.74, 6) is -0.197. The van der Waals surface area contributed by atoms with Gasteiger partial charge in [0.1, 0.15) is 5.69 Å². The van der Waals surface area contributed by atoms with Crippen molar-refractivity contribution < 1.29 is 4.79 Å². The van der Waals surface area contributed by atoms with Crippen LogP contribution in [0.2, 0.25) is 0 Å². The average molecular weight is 235 g/mol. The van der Waals surface area contributed by atoms with Gasteiger partial charge in [-0.05, 0) is 39.0 Å². The number of hydrogen-bond acceptors (Lipinski definition) is 3. The Kier molecular flexibility index (Phi) is 3.58. The molecule has 0 saturated carbocycles. The molecule has 1 aromatic rings. The molecule has 1 saturated heterocycles. The minimum absolute atomic E-state index is 0.197. The first-order valence-electron chi connectivity index (χ1n) is 5.84. The second kappa shape index (κ2) is 5.14. The van der Waals surface area contributed by atoms with Crippen LogP contribution >= 0.6 is 0 Å². The SMILES string of the molecule is CN1CCC(NC(=O)c2cccc(=O)[nH]2)CC1. The highest BCUT2D eigenvalue weighted by Crippen LogP contribution is 2.08. The smallest absolute Gasteiger partial charge is 0.268 e. The number of piperidine rings is 1. The first-order valence-corrected chi connectivity index (χ1v) is 5.84. The van der Waals surface area contributed by atoms with Gasteiger partial charge in [-0.15, -0.1) is 0 Å². The van der Waals surface area contributed by atoms with E-state index in [1.807, 2.05) is 0 Å². The number of aromatic amines is 1. The number of likely N-dealkylation sites (tertiary alicyclic amines) is 1. The van der Waals surface area contributed by atoms with Crippen molar-refractivity contribution >= 4 is 5.91 Å². The van der Waals surface area contributed by atoms with Crippen LogP contribution in [-0.2, 0) is 0 Å². The van der Waals surface area contributed by atoms with Crippen LogP contribution in [0, 0.1) is 0 Å². The monoisotopic (exact) mass is 235 g/mol. The Morgan fingerprint density at radius 3 is 2.76 bits per heavy atom. The molecule has 1 aromatic heterocycles. The van der Waals surface area contributed by atoms with Crippen molar-refractivity contribution in [3.8, 4) is 0 Å². The number of nitrogens with one attached hydrogen (secondary N) is 2. The number of H-pyrrole nitrogens is 1. The lowest BCUT2D eigenvalue weighted by atomic mass is 10.1. The van der Waals surface area contributed by atoms with Gasteiger partial charge in [-0.2, -0.15) is 0 Å². The lowest BCUT2D eigenvalue weighted by Crippen LogP contribution is -2.43. The maximum absolute atomic E-state index is 11.9. The van der Waals surface area contributed by atoms with E-state index in [2.05, 4.69) is 22.2 Å². The zero-order valence-corrected chi connectivity index (χ0v) is 9.90. The van der Waals surface area contributed by atoms with E-state index < -0.39 is 0 Å². The quantitative estimate of drug-likeness (QED) is 0.769. The number of pyridine rings is 1. The van der Waals surface area contributed by atoms with E-state index in [0.717, 1.165) is 25.9 Å². The van der Waals surface area contributed by atoms with Gasteiger partial charge in [0.25, 0.3) is 5.91 Å². The second-order valence-electron chi connectivity index (χ2n) is 4.48. The van der Waals surface area contributed by atoms with E-state index in [-0.39, 0.29) is 17.5 Å². The molecular weight excluding hydrogens is 218 g/mol. The molecular formula is C12H17N3O2. The molecule has 0 aromatic carbocycles. The summed E-state index contributed by atoms with van der Waals surface area (Å²) in [4.78, 5) is 27.7. The molecule has 0 spiro atoms. The first-order chi connectivity index (χ1) is 8.15. The summed E-state index contributed by atoms with van der Waals surface area (Å²) in [6, 6.07) is 4.81. The highest BCUT2D eigenvalue weighted by molar-refractivity contribution is 5.92. The van der Waals surface area contributed by atoms with Crippen LogP contribution in [0.25, 0.3) is 0 Å². The molecule has 17 heavy (non-hydrogen) atoms. The summed E-state index contributed by atoms with van der Waals surface area (Å²) in [5, 5.41) is 2.95. The number of rotatable bonds is 2. The number of amides is 1. The average Bonchev–Trinajstić information content (AvgIpc) is 2.32. The van der Waals surface area contributed by atoms with Crippen LogP contribution in [0.3, 0.4) is 0 Å². The van der Waals surface area contributed by atoms with E-state index in [1.54, 1.807) is 12.1 Å². The molecule has 1 amide bonds. The van der Waals surface area contributed by atoms with Crippen molar-refractivity contribution in [1.82, 2.24) is 15.2 Å². The predicted molar refractivity (Wildman–Crippen MR) is 65.0 cm³/mol. The summed E-state index contributed by atoms with van der Waals surface area (Å²) in [5.41, 5.74) is 0.0810. The van der Waals surface area contributed by atoms with E-state index >= 15 is 0 Å². The summed E-state index contributed by atoms with van der Waals surface area (Å²) in [7, 11) is 2.08. The normalized spacial score (nSPS) is 17.9. The molecule has 0 unspecified atom stereocenters. The second-order valence-corrected chi connectivity index (χ2v) is 4.48. The van der Waals surface area contributed by atoms with Crippen LogP contribution in [0.4, 0.5) is 0 Å². The van der Waals surface area contributed by atoms with Gasteiger partial charge in [0.05, 0.1) is 0 Å². The Hall–Kier alpha value is -1.62. The van der Waals surface area contributed by atoms with Crippen LogP contribution < -0.4 is 10.9 Å². The first kappa shape index (κ1) is 11.9. The maximum atomic E-state index is 11.9. The third kappa shape index (κ3) is 3.17. The van der Waals surface area contributed by atoms with Crippen LogP contribution in [0.15, 0.2) is 23.0 Å². The molecule has 1 aliphatic heterocycles. The highest BCUT2D eigenvalue weighted by Gasteiger charge is 2.19. The molecule has 0 bridgehead atoms. The number of carbonyl (C=O) groups is 1. The van der Waals surface area contributed by atoms with E-state index in [9.17, 15) is 9.59 Å². The molecule has 0 atom stereocenters. The van der Waals surface area contributed by atoms with Gasteiger partial charge in [-0.25, -0.2) is 0 Å². The molecule has 0 radical (unpaired) electrons. The van der Waals surface area contributed by atoms with E-state index in [0.29, 0.717) is 5.69 Å². The predicted octanol–water partition coefficient (Wildman–Crippen LogP) is 0.199. The lowest BCUT2D eigenvalue weighted by Gasteiger charge is -2.29. The fourth-order valence-corrected chi connectivity index (χ4v) is 2.00. The van der Waals surface area contributed by atoms with Crippen molar-refractivity contribution in [2.24, 2.45) is 0 Å². The van der Waals surface area contributed by atoms with Crippen molar-refractivity contribution in [3.63, 3.8) is 0 Å². The topological polar surface area (TPSA) is 65.2 Å². The van der Waals surface area contributed by atoms with Gasteiger partial charge >= 0.3 is 0 Å². The molecule has 1 aliphatic rings. The third-order valence-electron chi connectivity index (χ3n) is 3.07. The fourth-order valence-electron chi connectivity index (χ4n) is 2.00. The minimum Gasteiger partial charge on any atom is -0.348 e. The molecule has 92 valence electrons. The number of aromatic nitrogens is 1. The molecule has 0 aliphatic carbocycles. The summed E-state index contributed by atoms with van der Waals surface area (Å²) >= 11 is 0. The summed E-state index contributed by atoms with van der Waals surface area (Å²) in [6.07, 6.45) is 1.92. The Bertz CT molecular complexity index is 447. The Balaban J connectivity index is 1.95. The van der Waals surface area contributed by atoms with Crippen LogP contribution in [0.1, 0.15) is 23.3 Å². The van der Waals surface area contributed by atoms with E-state index in [4.69, 9.17) is 0 Å². The highest BCUT2D eigenvalue weighted by atomic mass is 16.2. The molecule has 2 N–H and O–H groups in total. The Labute approximate surface area is 99.8 Å². The van der Waals surface area contributed by atoms with Crippen molar-refractivity contribution in [2.75, 3.05) is 20.1 Å². The zero-order valence-electron chi connectivity index (χ0n) is 9.90. The minimum atomic E-state index is -0.249. The Morgan fingerprint density at radius 2 is 2.12 bits per heavy atom. The molecule has 5 nitrogen and oxygen atoms in total. The van der Waals surface area contributed by atoms with Crippen molar-refractivity contribution in [1.29, 1.82) is 0 Å². The molecule has 2 rings (SSSR count). The largest absolute Gasteiger partial charge is 0.348 e.